The average molecular weight is 864 g/mol. The molecule has 0 aliphatic carbocycles. The van der Waals surface area contributed by atoms with Crippen LogP contribution in [0.1, 0.15) is 91.9 Å². The summed E-state index contributed by atoms with van der Waals surface area (Å²) in [5.74, 6) is -3.86. The van der Waals surface area contributed by atoms with Crippen LogP contribution in [-0.4, -0.2) is 87.0 Å². The Morgan fingerprint density at radius 2 is 1.80 bits per heavy atom. The predicted octanol–water partition coefficient (Wildman–Crippen LogP) is 5.92. The van der Waals surface area contributed by atoms with Gasteiger partial charge in [0.2, 0.25) is 17.7 Å². The standard InChI is InChI=1S/C43H51FN5O9PS/c1-4-22-57-42(54)27(2)46-59(56,58-32-11-6-5-7-12-32)38(44)28-14-17-35-29(23-28)24-36(60-35)39(51)45-33-13-9-8-10-31-15-16-34(49(31)40(33)52)41(53)48-21-19-43(55,26-48)30-18-20-47(3)37(50)25-30/h5-7,11-12,14,17-18,20,23-25,27,31,33-34,38,55H,4,8-10,13,15-16,19,21-22,26H2,1-3H3,(H,45,51)(H,46,56)/t27-,31-,33-,34-,38?,43?,59?/m0/s1. The van der Waals surface area contributed by atoms with Gasteiger partial charge in [0.05, 0.1) is 18.0 Å². The number of thiophene rings is 1. The molecule has 3 amide bonds. The van der Waals surface area contributed by atoms with Crippen LogP contribution >= 0.6 is 18.9 Å². The zero-order chi connectivity index (χ0) is 42.8. The minimum atomic E-state index is -4.47. The maximum absolute atomic E-state index is 16.5. The van der Waals surface area contributed by atoms with Crippen molar-refractivity contribution < 1.29 is 42.5 Å². The number of esters is 1. The SMILES string of the molecule is CCCOC(=O)[C@H](C)NP(=O)(Oc1ccccc1)C(F)c1ccc2sc(C(=O)N[C@H]3CCCC[C@H]4CC[C@@H](C(=O)N5CCC(O)(c6ccn(C)c(=O)c6)C5)N4C3=O)cc2c1. The Morgan fingerprint density at radius 3 is 2.55 bits per heavy atom. The van der Waals surface area contributed by atoms with E-state index in [4.69, 9.17) is 9.26 Å². The van der Waals surface area contributed by atoms with Gasteiger partial charge in [-0.05, 0) is 98.4 Å². The van der Waals surface area contributed by atoms with Crippen LogP contribution in [0, 0.1) is 0 Å². The van der Waals surface area contributed by atoms with E-state index in [1.165, 1.54) is 41.8 Å². The topological polar surface area (TPSA) is 177 Å². The first-order chi connectivity index (χ1) is 28.7. The molecule has 60 heavy (non-hydrogen) atoms. The van der Waals surface area contributed by atoms with Gasteiger partial charge in [-0.1, -0.05) is 44.0 Å². The van der Waals surface area contributed by atoms with Crippen molar-refractivity contribution in [1.29, 1.82) is 0 Å². The average Bonchev–Trinajstić information content (AvgIpc) is 3.98. The number of carbonyl (C=O) groups is 4. The first-order valence-corrected chi connectivity index (χ1v) is 23.0. The molecule has 0 radical (unpaired) electrons. The molecule has 2 aromatic carbocycles. The largest absolute Gasteiger partial charge is 0.465 e. The molecule has 7 rings (SSSR count). The zero-order valence-corrected chi connectivity index (χ0v) is 35.6. The summed E-state index contributed by atoms with van der Waals surface area (Å²) < 4.78 is 43.8. The molecule has 0 saturated carbocycles. The molecule has 14 nitrogen and oxygen atoms in total. The number of amides is 3. The maximum atomic E-state index is 16.5. The van der Waals surface area contributed by atoms with Crippen molar-refractivity contribution >= 4 is 52.6 Å². The zero-order valence-electron chi connectivity index (χ0n) is 33.9. The summed E-state index contributed by atoms with van der Waals surface area (Å²) in [4.78, 5) is 70.6. The number of fused-ring (bicyclic) bond motifs is 2. The molecule has 4 aromatic rings. The highest BCUT2D eigenvalue weighted by Gasteiger charge is 2.48. The van der Waals surface area contributed by atoms with E-state index in [1.807, 2.05) is 6.92 Å². The van der Waals surface area contributed by atoms with Crippen molar-refractivity contribution in [2.75, 3.05) is 19.7 Å². The van der Waals surface area contributed by atoms with Gasteiger partial charge in [0.25, 0.3) is 11.5 Å². The molecule has 0 bridgehead atoms. The summed E-state index contributed by atoms with van der Waals surface area (Å²) in [5.41, 5.74) is -1.20. The highest BCUT2D eigenvalue weighted by Crippen LogP contribution is 2.58. The van der Waals surface area contributed by atoms with Crippen molar-refractivity contribution in [3.05, 3.63) is 99.3 Å². The number of nitrogens with zero attached hydrogens (tertiary/aromatic N) is 3. The van der Waals surface area contributed by atoms with Gasteiger partial charge in [0, 0.05) is 36.6 Å². The number of hydrogen-bond donors (Lipinski definition) is 3. The third kappa shape index (κ3) is 9.07. The highest BCUT2D eigenvalue weighted by molar-refractivity contribution is 7.57. The van der Waals surface area contributed by atoms with Crippen LogP contribution < -0.4 is 20.5 Å². The minimum Gasteiger partial charge on any atom is -0.465 e. The van der Waals surface area contributed by atoms with Crippen LogP contribution in [0.2, 0.25) is 0 Å². The van der Waals surface area contributed by atoms with Gasteiger partial charge in [-0.3, -0.25) is 28.5 Å². The molecular formula is C43H51FN5O9PS. The van der Waals surface area contributed by atoms with Crippen molar-refractivity contribution in [3.8, 4) is 5.75 Å². The number of alkyl halides is 1. The number of rotatable bonds is 13. The van der Waals surface area contributed by atoms with Gasteiger partial charge in [0.15, 0.2) is 0 Å². The number of likely N-dealkylation sites (tertiary alicyclic amines) is 1. The van der Waals surface area contributed by atoms with Crippen LogP contribution in [0.4, 0.5) is 4.39 Å². The molecule has 5 heterocycles. The van der Waals surface area contributed by atoms with Crippen molar-refractivity contribution in [3.63, 3.8) is 0 Å². The predicted molar refractivity (Wildman–Crippen MR) is 224 cm³/mol. The first-order valence-electron chi connectivity index (χ1n) is 20.5. The van der Waals surface area contributed by atoms with Crippen LogP contribution in [0.15, 0.2) is 77.7 Å². The Hall–Kier alpha value is -4.89. The van der Waals surface area contributed by atoms with Crippen molar-refractivity contribution in [1.82, 2.24) is 24.8 Å². The van der Waals surface area contributed by atoms with Gasteiger partial charge in [-0.2, -0.15) is 0 Å². The fourth-order valence-electron chi connectivity index (χ4n) is 8.35. The summed E-state index contributed by atoms with van der Waals surface area (Å²) in [6.07, 6.45) is 6.17. The number of benzene rings is 2. The summed E-state index contributed by atoms with van der Waals surface area (Å²) in [6, 6.07) is 14.3. The number of β-amino-alcohol motifs (C(OH)–C–C–N with tert-alkyl or cyclic N) is 1. The van der Waals surface area contributed by atoms with Crippen molar-refractivity contribution in [2.45, 2.75) is 101 Å². The normalized spacial score (nSPS) is 23.9. The number of para-hydroxylation sites is 1. The Bertz CT molecular complexity index is 2360. The van der Waals surface area contributed by atoms with E-state index in [0.29, 0.717) is 47.8 Å². The third-order valence-electron chi connectivity index (χ3n) is 11.6. The second-order valence-corrected chi connectivity index (χ2v) is 19.1. The summed E-state index contributed by atoms with van der Waals surface area (Å²) in [7, 11) is -2.84. The summed E-state index contributed by atoms with van der Waals surface area (Å²) >= 11 is 1.16. The number of aryl methyl sites for hydroxylation is 1. The van der Waals surface area contributed by atoms with Crippen LogP contribution in [-0.2, 0) is 36.3 Å². The van der Waals surface area contributed by atoms with Gasteiger partial charge in [-0.25, -0.2) is 9.48 Å². The monoisotopic (exact) mass is 863 g/mol. The minimum absolute atomic E-state index is 0.0000843. The Balaban J connectivity index is 1.06. The van der Waals surface area contributed by atoms with E-state index in [1.54, 1.807) is 59.4 Å². The lowest BCUT2D eigenvalue weighted by atomic mass is 9.94. The molecular weight excluding hydrogens is 813 g/mol. The van der Waals surface area contributed by atoms with Gasteiger partial charge in [0.1, 0.15) is 29.5 Å². The van der Waals surface area contributed by atoms with E-state index in [-0.39, 0.29) is 65.7 Å². The summed E-state index contributed by atoms with van der Waals surface area (Å²) in [5, 5.41) is 17.5. The molecule has 3 fully saturated rings. The fourth-order valence-corrected chi connectivity index (χ4v) is 11.2. The Kier molecular flexibility index (Phi) is 13.0. The molecule has 3 unspecified atom stereocenters. The Labute approximate surface area is 351 Å². The highest BCUT2D eigenvalue weighted by atomic mass is 32.1. The number of hydrogen-bond acceptors (Lipinski definition) is 10. The molecule has 3 N–H and O–H groups in total. The fraction of sp³-hybridized carbons (Fsp3) is 0.465. The Morgan fingerprint density at radius 1 is 1.03 bits per heavy atom. The smallest absolute Gasteiger partial charge is 0.355 e. The van der Waals surface area contributed by atoms with Crippen LogP contribution in [0.3, 0.4) is 0 Å². The molecule has 3 aliphatic rings. The first kappa shape index (κ1) is 43.2. The number of carbonyl (C=O) groups excluding carboxylic acids is 4. The molecule has 2 aromatic heterocycles. The van der Waals surface area contributed by atoms with E-state index >= 15 is 4.39 Å². The number of aromatic nitrogens is 1. The molecule has 17 heteroatoms. The maximum Gasteiger partial charge on any atom is 0.355 e. The summed E-state index contributed by atoms with van der Waals surface area (Å²) in [6.45, 7) is 3.68. The van der Waals surface area contributed by atoms with E-state index in [2.05, 4.69) is 10.4 Å². The molecule has 320 valence electrons. The number of halogens is 1. The molecule has 7 atom stereocenters. The third-order valence-corrected chi connectivity index (χ3v) is 14.9. The lowest BCUT2D eigenvalue weighted by Crippen LogP contribution is -2.56. The lowest BCUT2D eigenvalue weighted by Gasteiger charge is -2.36. The van der Waals surface area contributed by atoms with Crippen LogP contribution in [0.25, 0.3) is 10.1 Å². The van der Waals surface area contributed by atoms with E-state index in [9.17, 15) is 33.6 Å². The number of ether oxygens (including phenoxy) is 1. The number of aliphatic hydroxyl groups is 1. The van der Waals surface area contributed by atoms with Crippen molar-refractivity contribution in [2.24, 2.45) is 7.05 Å². The second kappa shape index (κ2) is 18.0. The van der Waals surface area contributed by atoms with E-state index in [0.717, 1.165) is 24.2 Å². The van der Waals surface area contributed by atoms with Gasteiger partial charge >= 0.3 is 13.5 Å². The van der Waals surface area contributed by atoms with Gasteiger partial charge in [-0.15, -0.1) is 11.3 Å². The van der Waals surface area contributed by atoms with E-state index < -0.39 is 49.0 Å². The van der Waals surface area contributed by atoms with Gasteiger partial charge < -0.3 is 34.1 Å². The van der Waals surface area contributed by atoms with Crippen LogP contribution in [0.5, 0.6) is 5.75 Å². The number of pyridine rings is 1. The molecule has 3 saturated heterocycles. The number of nitrogens with one attached hydrogen (secondary N) is 2. The quantitative estimate of drug-likeness (QED) is 0.108. The lowest BCUT2D eigenvalue weighted by molar-refractivity contribution is -0.147. The molecule has 3 aliphatic heterocycles. The second-order valence-electron chi connectivity index (χ2n) is 16.0. The molecule has 0 spiro atoms.